The topological polar surface area (TPSA) is 0 Å². The third-order valence-electron chi connectivity index (χ3n) is 1.69. The van der Waals surface area contributed by atoms with Gasteiger partial charge in [-0.3, -0.25) is 0 Å². The van der Waals surface area contributed by atoms with Gasteiger partial charge in [-0.25, -0.2) is 10.0 Å². The van der Waals surface area contributed by atoms with Crippen LogP contribution in [0.3, 0.4) is 0 Å². The molecule has 0 N–H and O–H groups in total. The summed E-state index contributed by atoms with van der Waals surface area (Å²) in [4.78, 5) is 0. The van der Waals surface area contributed by atoms with Gasteiger partial charge in [-0.05, 0) is 11.5 Å². The second kappa shape index (κ2) is 4.70. The van der Waals surface area contributed by atoms with Gasteiger partial charge in [0.15, 0.2) is 0 Å². The second-order valence-corrected chi connectivity index (χ2v) is 7.37. The summed E-state index contributed by atoms with van der Waals surface area (Å²) in [5.41, 5.74) is 0. The Morgan fingerprint density at radius 1 is 1.00 bits per heavy atom. The summed E-state index contributed by atoms with van der Waals surface area (Å²) in [5.74, 6) is 2.33. The second-order valence-electron chi connectivity index (χ2n) is 2.02. The number of halogens is 2. The van der Waals surface area contributed by atoms with E-state index >= 15 is 0 Å². The molecule has 9 heavy (non-hydrogen) atoms. The van der Waals surface area contributed by atoms with Crippen LogP contribution in [0.4, 0.5) is 0 Å². The molecular formula is C6H14Cl2S. The van der Waals surface area contributed by atoms with Crippen molar-refractivity contribution in [2.75, 3.05) is 21.9 Å². The van der Waals surface area contributed by atoms with E-state index in [1.165, 1.54) is 0 Å². The quantitative estimate of drug-likeness (QED) is 0.595. The first-order valence-electron chi connectivity index (χ1n) is 3.10. The van der Waals surface area contributed by atoms with Gasteiger partial charge in [-0.1, -0.05) is 13.8 Å². The minimum absolute atomic E-state index is 0.617. The van der Waals surface area contributed by atoms with Gasteiger partial charge in [0.25, 0.3) is 0 Å². The number of rotatable bonds is 4. The third-order valence-corrected chi connectivity index (χ3v) is 7.84. The first kappa shape index (κ1) is 9.93. The maximum Gasteiger partial charge on any atom is 0.0536 e. The molecule has 0 fully saturated rings. The molecule has 0 aliphatic heterocycles. The summed E-state index contributed by atoms with van der Waals surface area (Å²) in [6.07, 6.45) is 0. The summed E-state index contributed by atoms with van der Waals surface area (Å²) < 4.78 is 0. The highest BCUT2D eigenvalue weighted by Gasteiger charge is 2.16. The lowest BCUT2D eigenvalue weighted by atomic mass is 11.0. The van der Waals surface area contributed by atoms with E-state index in [-0.39, 0.29) is 0 Å². The molecule has 0 aromatic rings. The van der Waals surface area contributed by atoms with E-state index in [9.17, 15) is 0 Å². The fraction of sp³-hybridized carbons (Fsp3) is 1.00. The maximum absolute atomic E-state index is 5.78. The molecule has 0 heterocycles. The Hall–Kier alpha value is 0.930. The van der Waals surface area contributed by atoms with Crippen LogP contribution in [0, 0.1) is 0 Å². The molecule has 0 bridgehead atoms. The molecule has 0 aliphatic rings. The van der Waals surface area contributed by atoms with Crippen molar-refractivity contribution >= 4 is 33.2 Å². The van der Waals surface area contributed by atoms with Gasteiger partial charge >= 0.3 is 0 Å². The summed E-state index contributed by atoms with van der Waals surface area (Å²) >= 11 is 11.6. The highest BCUT2D eigenvalue weighted by Crippen LogP contribution is 2.48. The summed E-state index contributed by atoms with van der Waals surface area (Å²) in [6, 6.07) is 0. The average molecular weight is 189 g/mol. The number of hydrogen-bond donors (Lipinski definition) is 0. The molecule has 58 valence electrons. The monoisotopic (exact) mass is 188 g/mol. The molecule has 3 heteroatoms. The van der Waals surface area contributed by atoms with Crippen LogP contribution in [0.1, 0.15) is 13.8 Å². The molecule has 0 nitrogen and oxygen atoms in total. The van der Waals surface area contributed by atoms with Crippen molar-refractivity contribution in [2.45, 2.75) is 13.8 Å². The van der Waals surface area contributed by atoms with E-state index < -0.39 is 10.0 Å². The molecule has 0 spiro atoms. The van der Waals surface area contributed by atoms with Crippen LogP contribution in [0.15, 0.2) is 0 Å². The molecule has 0 saturated carbocycles. The van der Waals surface area contributed by atoms with Crippen molar-refractivity contribution in [1.29, 1.82) is 0 Å². The van der Waals surface area contributed by atoms with Gasteiger partial charge in [0.1, 0.15) is 0 Å². The van der Waals surface area contributed by atoms with E-state index in [1.54, 1.807) is 0 Å². The predicted octanol–water partition coefficient (Wildman–Crippen LogP) is 3.22. The normalized spacial score (nSPS) is 13.8. The number of alkyl halides is 2. The van der Waals surface area contributed by atoms with Crippen LogP contribution in [0.2, 0.25) is 0 Å². The van der Waals surface area contributed by atoms with Crippen LogP contribution in [0.25, 0.3) is 0 Å². The first-order chi connectivity index (χ1) is 4.24. The Balaban J connectivity index is 3.82. The minimum Gasteiger partial charge on any atom is -0.215 e. The zero-order valence-corrected chi connectivity index (χ0v) is 8.32. The molecule has 0 unspecified atom stereocenters. The Bertz CT molecular complexity index is 53.9. The lowest BCUT2D eigenvalue weighted by Crippen LogP contribution is -2.08. The van der Waals surface area contributed by atoms with E-state index in [0.717, 1.165) is 21.9 Å². The Kier molecular flexibility index (Phi) is 5.19. The standard InChI is InChI=1S/C6H14Cl2S/c1-3-9(4-2,5-7)6-8/h3-6H2,1-2H3. The highest BCUT2D eigenvalue weighted by molar-refractivity contribution is 8.35. The zero-order valence-electron chi connectivity index (χ0n) is 5.99. The lowest BCUT2D eigenvalue weighted by molar-refractivity contribution is 1.40. The molecule has 0 aliphatic carbocycles. The Morgan fingerprint density at radius 3 is 1.33 bits per heavy atom. The molecule has 0 radical (unpaired) electrons. The van der Waals surface area contributed by atoms with Crippen LogP contribution in [-0.2, 0) is 0 Å². The van der Waals surface area contributed by atoms with Gasteiger partial charge in [0.2, 0.25) is 0 Å². The predicted molar refractivity (Wildman–Crippen MR) is 50.1 cm³/mol. The SMILES string of the molecule is CCS(CC)(CCl)CCl. The summed E-state index contributed by atoms with van der Waals surface area (Å²) in [6.45, 7) is 4.34. The van der Waals surface area contributed by atoms with Crippen molar-refractivity contribution in [3.63, 3.8) is 0 Å². The van der Waals surface area contributed by atoms with Crippen molar-refractivity contribution < 1.29 is 0 Å². The molecular weight excluding hydrogens is 175 g/mol. The Morgan fingerprint density at radius 2 is 1.33 bits per heavy atom. The molecule has 0 rings (SSSR count). The van der Waals surface area contributed by atoms with E-state index in [2.05, 4.69) is 13.8 Å². The molecule has 0 saturated heterocycles. The van der Waals surface area contributed by atoms with Gasteiger partial charge in [0.05, 0.1) is 10.4 Å². The van der Waals surface area contributed by atoms with E-state index in [0.29, 0.717) is 0 Å². The molecule has 0 amide bonds. The molecule has 0 atom stereocenters. The van der Waals surface area contributed by atoms with E-state index in [4.69, 9.17) is 23.2 Å². The fourth-order valence-corrected chi connectivity index (χ4v) is 4.18. The van der Waals surface area contributed by atoms with Gasteiger partial charge in [0, 0.05) is 0 Å². The first-order valence-corrected chi connectivity index (χ1v) is 6.48. The smallest absolute Gasteiger partial charge is 0.0536 e. The van der Waals surface area contributed by atoms with Gasteiger partial charge in [-0.15, -0.1) is 23.2 Å². The van der Waals surface area contributed by atoms with Crippen LogP contribution in [-0.4, -0.2) is 21.9 Å². The maximum atomic E-state index is 5.78. The number of hydrogen-bond acceptors (Lipinski definition) is 0. The summed E-state index contributed by atoms with van der Waals surface area (Å²) in [5, 5.41) is 1.53. The van der Waals surface area contributed by atoms with Crippen molar-refractivity contribution in [2.24, 2.45) is 0 Å². The van der Waals surface area contributed by atoms with Crippen molar-refractivity contribution in [3.05, 3.63) is 0 Å². The van der Waals surface area contributed by atoms with Crippen molar-refractivity contribution in [1.82, 2.24) is 0 Å². The largest absolute Gasteiger partial charge is 0.215 e. The average Bonchev–Trinajstić information content (AvgIpc) is 1.95. The molecule has 0 aromatic carbocycles. The van der Waals surface area contributed by atoms with Gasteiger partial charge in [-0.2, -0.15) is 0 Å². The minimum atomic E-state index is -0.617. The third kappa shape index (κ3) is 2.57. The zero-order chi connectivity index (χ0) is 7.33. The lowest BCUT2D eigenvalue weighted by Gasteiger charge is -2.33. The fourth-order valence-electron chi connectivity index (χ4n) is 0.542. The Labute approximate surface area is 69.2 Å². The van der Waals surface area contributed by atoms with E-state index in [1.807, 2.05) is 0 Å². The van der Waals surface area contributed by atoms with Crippen LogP contribution >= 0.6 is 33.2 Å². The van der Waals surface area contributed by atoms with Crippen molar-refractivity contribution in [3.8, 4) is 0 Å². The van der Waals surface area contributed by atoms with Crippen LogP contribution in [0.5, 0.6) is 0 Å². The van der Waals surface area contributed by atoms with Gasteiger partial charge < -0.3 is 0 Å². The van der Waals surface area contributed by atoms with Crippen LogP contribution < -0.4 is 0 Å². The molecule has 0 aromatic heterocycles. The summed E-state index contributed by atoms with van der Waals surface area (Å²) in [7, 11) is -0.617. The highest BCUT2D eigenvalue weighted by atomic mass is 35.5.